The topological polar surface area (TPSA) is 67.2 Å². The fourth-order valence-electron chi connectivity index (χ4n) is 1.86. The van der Waals surface area contributed by atoms with Crippen molar-refractivity contribution in [2.45, 2.75) is 5.75 Å². The van der Waals surface area contributed by atoms with Gasteiger partial charge in [-0.15, -0.1) is 0 Å². The van der Waals surface area contributed by atoms with E-state index in [2.05, 4.69) is 0 Å². The molecule has 2 aromatic rings. The third-order valence-electron chi connectivity index (χ3n) is 2.89. The molecule has 0 aliphatic carbocycles. The highest BCUT2D eigenvalue weighted by atomic mass is 32.2. The van der Waals surface area contributed by atoms with E-state index >= 15 is 0 Å². The van der Waals surface area contributed by atoms with Crippen LogP contribution < -0.4 is 4.74 Å². The summed E-state index contributed by atoms with van der Waals surface area (Å²) >= 11 is 0. The van der Waals surface area contributed by atoms with Gasteiger partial charge >= 0.3 is 0 Å². The van der Waals surface area contributed by atoms with Crippen molar-refractivity contribution in [3.63, 3.8) is 0 Å². The molecule has 0 fully saturated rings. The summed E-state index contributed by atoms with van der Waals surface area (Å²) < 4.78 is 29.4. The molecule has 0 amide bonds. The average Bonchev–Trinajstić information content (AvgIpc) is 2.48. The van der Waals surface area contributed by atoms with Gasteiger partial charge in [0.05, 0.1) is 17.1 Å². The van der Waals surface area contributed by atoms with Crippen molar-refractivity contribution in [3.8, 4) is 11.8 Å². The summed E-state index contributed by atoms with van der Waals surface area (Å²) in [4.78, 5) is 0. The van der Waals surface area contributed by atoms with Crippen LogP contribution in [0, 0.1) is 11.3 Å². The lowest BCUT2D eigenvalue weighted by molar-refractivity contribution is 0.340. The third-order valence-corrected chi connectivity index (χ3v) is 4.45. The lowest BCUT2D eigenvalue weighted by atomic mass is 10.2. The first-order chi connectivity index (χ1) is 10.1. The fourth-order valence-corrected chi connectivity index (χ4v) is 3.05. The van der Waals surface area contributed by atoms with Crippen LogP contribution in [0.3, 0.4) is 0 Å². The van der Waals surface area contributed by atoms with Gasteiger partial charge in [0.1, 0.15) is 18.4 Å². The average molecular weight is 301 g/mol. The molecule has 0 spiro atoms. The number of hydrogen-bond donors (Lipinski definition) is 0. The van der Waals surface area contributed by atoms with E-state index in [9.17, 15) is 8.42 Å². The standard InChI is InChI=1S/C16H15NO3S/c17-12-15-8-4-5-9-16(15)20-10-11-21(18,19)13-14-6-2-1-3-7-14/h1-9H,10-11,13H2. The maximum Gasteiger partial charge on any atom is 0.157 e. The number of nitrogens with zero attached hydrogens (tertiary/aromatic N) is 1. The molecule has 2 aromatic carbocycles. The van der Waals surface area contributed by atoms with Crippen molar-refractivity contribution in [2.24, 2.45) is 0 Å². The van der Waals surface area contributed by atoms with Crippen molar-refractivity contribution in [1.82, 2.24) is 0 Å². The first kappa shape index (κ1) is 15.1. The van der Waals surface area contributed by atoms with Crippen LogP contribution in [-0.2, 0) is 15.6 Å². The van der Waals surface area contributed by atoms with Gasteiger partial charge in [0.25, 0.3) is 0 Å². The second-order valence-electron chi connectivity index (χ2n) is 4.53. The fraction of sp³-hybridized carbons (Fsp3) is 0.188. The van der Waals surface area contributed by atoms with E-state index in [0.29, 0.717) is 11.3 Å². The van der Waals surface area contributed by atoms with Crippen molar-refractivity contribution in [3.05, 3.63) is 65.7 Å². The number of benzene rings is 2. The Kier molecular flexibility index (Phi) is 4.96. The Morgan fingerprint density at radius 3 is 2.38 bits per heavy atom. The van der Waals surface area contributed by atoms with Crippen LogP contribution >= 0.6 is 0 Å². The number of sulfone groups is 1. The summed E-state index contributed by atoms with van der Waals surface area (Å²) in [6, 6.07) is 17.8. The van der Waals surface area contributed by atoms with Crippen LogP contribution in [0.2, 0.25) is 0 Å². The zero-order valence-corrected chi connectivity index (χ0v) is 12.2. The smallest absolute Gasteiger partial charge is 0.157 e. The second kappa shape index (κ2) is 6.91. The highest BCUT2D eigenvalue weighted by Crippen LogP contribution is 2.16. The van der Waals surface area contributed by atoms with Crippen molar-refractivity contribution >= 4 is 9.84 Å². The molecule has 0 heterocycles. The first-order valence-electron chi connectivity index (χ1n) is 6.47. The molecule has 21 heavy (non-hydrogen) atoms. The van der Waals surface area contributed by atoms with Gasteiger partial charge in [-0.3, -0.25) is 0 Å². The largest absolute Gasteiger partial charge is 0.491 e. The predicted molar refractivity (Wildman–Crippen MR) is 80.6 cm³/mol. The Bertz CT molecular complexity index is 734. The Morgan fingerprint density at radius 1 is 1.00 bits per heavy atom. The monoisotopic (exact) mass is 301 g/mol. The molecule has 0 saturated heterocycles. The Hall–Kier alpha value is -2.32. The van der Waals surface area contributed by atoms with E-state index in [1.807, 2.05) is 24.3 Å². The van der Waals surface area contributed by atoms with Crippen LogP contribution in [0.1, 0.15) is 11.1 Å². The van der Waals surface area contributed by atoms with E-state index in [1.165, 1.54) is 0 Å². The summed E-state index contributed by atoms with van der Waals surface area (Å²) in [5, 5.41) is 8.92. The van der Waals surface area contributed by atoms with Gasteiger partial charge in [-0.25, -0.2) is 8.42 Å². The van der Waals surface area contributed by atoms with Crippen LogP contribution in [0.25, 0.3) is 0 Å². The van der Waals surface area contributed by atoms with Crippen LogP contribution in [0.4, 0.5) is 0 Å². The molecule has 0 radical (unpaired) electrons. The molecule has 0 bridgehead atoms. The minimum absolute atomic E-state index is 0.00288. The van der Waals surface area contributed by atoms with E-state index < -0.39 is 9.84 Å². The molecule has 5 heteroatoms. The van der Waals surface area contributed by atoms with E-state index in [1.54, 1.807) is 36.4 Å². The Labute approximate surface area is 124 Å². The van der Waals surface area contributed by atoms with Crippen LogP contribution in [0.5, 0.6) is 5.75 Å². The molecular formula is C16H15NO3S. The third kappa shape index (κ3) is 4.62. The minimum Gasteiger partial charge on any atom is -0.491 e. The maximum absolute atomic E-state index is 12.0. The molecule has 0 aliphatic rings. The number of rotatable bonds is 6. The summed E-state index contributed by atoms with van der Waals surface area (Å²) in [6.07, 6.45) is 0. The van der Waals surface area contributed by atoms with Crippen LogP contribution in [0.15, 0.2) is 54.6 Å². The zero-order chi connectivity index (χ0) is 15.1. The molecule has 4 nitrogen and oxygen atoms in total. The number of ether oxygens (including phenoxy) is 1. The van der Waals surface area contributed by atoms with Crippen molar-refractivity contribution in [1.29, 1.82) is 5.26 Å². The molecule has 0 saturated carbocycles. The van der Waals surface area contributed by atoms with Gasteiger partial charge in [0.15, 0.2) is 9.84 Å². The van der Waals surface area contributed by atoms with Gasteiger partial charge in [0.2, 0.25) is 0 Å². The van der Waals surface area contributed by atoms with E-state index in [0.717, 1.165) is 5.56 Å². The normalized spacial score (nSPS) is 10.8. The molecule has 0 N–H and O–H groups in total. The predicted octanol–water partition coefficient (Wildman–Crippen LogP) is 2.55. The quantitative estimate of drug-likeness (QED) is 0.822. The second-order valence-corrected chi connectivity index (χ2v) is 6.72. The van der Waals surface area contributed by atoms with Gasteiger partial charge in [-0.2, -0.15) is 5.26 Å². The van der Waals surface area contributed by atoms with Gasteiger partial charge in [0, 0.05) is 0 Å². The molecule has 0 unspecified atom stereocenters. The highest BCUT2D eigenvalue weighted by Gasteiger charge is 2.12. The zero-order valence-electron chi connectivity index (χ0n) is 11.4. The summed E-state index contributed by atoms with van der Waals surface area (Å²) in [5.41, 5.74) is 1.16. The minimum atomic E-state index is -3.23. The van der Waals surface area contributed by atoms with E-state index in [4.69, 9.17) is 10.00 Å². The summed E-state index contributed by atoms with van der Waals surface area (Å²) in [6.45, 7) is 0.0356. The number of nitriles is 1. The maximum atomic E-state index is 12.0. The molecule has 108 valence electrons. The molecular weight excluding hydrogens is 286 g/mol. The summed E-state index contributed by atoms with van der Waals surface area (Å²) in [5.74, 6) is 0.327. The lowest BCUT2D eigenvalue weighted by Crippen LogP contribution is -2.16. The van der Waals surface area contributed by atoms with Gasteiger partial charge in [-0.05, 0) is 17.7 Å². The lowest BCUT2D eigenvalue weighted by Gasteiger charge is -2.08. The van der Waals surface area contributed by atoms with Crippen molar-refractivity contribution in [2.75, 3.05) is 12.4 Å². The number of para-hydroxylation sites is 1. The van der Waals surface area contributed by atoms with Crippen molar-refractivity contribution < 1.29 is 13.2 Å². The molecule has 0 aromatic heterocycles. The molecule has 0 atom stereocenters. The SMILES string of the molecule is N#Cc1ccccc1OCCS(=O)(=O)Cc1ccccc1. The Balaban J connectivity index is 1.92. The highest BCUT2D eigenvalue weighted by molar-refractivity contribution is 7.90. The summed E-state index contributed by atoms with van der Waals surface area (Å²) in [7, 11) is -3.23. The molecule has 0 aliphatic heterocycles. The van der Waals surface area contributed by atoms with Gasteiger partial charge < -0.3 is 4.74 Å². The van der Waals surface area contributed by atoms with Crippen LogP contribution in [-0.4, -0.2) is 20.8 Å². The first-order valence-corrected chi connectivity index (χ1v) is 8.29. The number of hydrogen-bond acceptors (Lipinski definition) is 4. The Morgan fingerprint density at radius 2 is 1.67 bits per heavy atom. The van der Waals surface area contributed by atoms with Gasteiger partial charge in [-0.1, -0.05) is 42.5 Å². The van der Waals surface area contributed by atoms with E-state index in [-0.39, 0.29) is 18.1 Å². The molecule has 2 rings (SSSR count).